The Bertz CT molecular complexity index is 828. The van der Waals surface area contributed by atoms with Gasteiger partial charge < -0.3 is 0 Å². The third-order valence-electron chi connectivity index (χ3n) is 7.45. The fourth-order valence-electron chi connectivity index (χ4n) is 7.02. The molecule has 4 fully saturated rings. The van der Waals surface area contributed by atoms with Gasteiger partial charge in [-0.1, -0.05) is 54.6 Å². The molecule has 3 nitrogen and oxygen atoms in total. The van der Waals surface area contributed by atoms with Crippen LogP contribution < -0.4 is 5.48 Å². The number of carbonyl (C=O) groups excluding carboxylic acids is 1. The van der Waals surface area contributed by atoms with Gasteiger partial charge in [-0.3, -0.25) is 10.0 Å². The molecule has 4 saturated carbocycles. The highest BCUT2D eigenvalue weighted by Gasteiger charge is 2.58. The lowest BCUT2D eigenvalue weighted by Gasteiger charge is -2.62. The van der Waals surface area contributed by atoms with E-state index in [1.165, 1.54) is 36.0 Å². The van der Waals surface area contributed by atoms with Gasteiger partial charge >= 0.3 is 0 Å². The van der Waals surface area contributed by atoms with E-state index in [9.17, 15) is 4.79 Å². The summed E-state index contributed by atoms with van der Waals surface area (Å²) < 4.78 is 0. The van der Waals surface area contributed by atoms with Crippen molar-refractivity contribution in [2.75, 3.05) is 0 Å². The monoisotopic (exact) mass is 361 g/mol. The lowest BCUT2D eigenvalue weighted by molar-refractivity contribution is -0.139. The molecular formula is C24H27NO2. The van der Waals surface area contributed by atoms with Crippen molar-refractivity contribution in [3.63, 3.8) is 0 Å². The molecule has 0 aromatic heterocycles. The predicted molar refractivity (Wildman–Crippen MR) is 105 cm³/mol. The molecule has 6 rings (SSSR count). The van der Waals surface area contributed by atoms with Gasteiger partial charge in [-0.05, 0) is 77.9 Å². The van der Waals surface area contributed by atoms with Crippen LogP contribution in [0.25, 0.3) is 11.1 Å². The van der Waals surface area contributed by atoms with Gasteiger partial charge in [0.25, 0.3) is 0 Å². The van der Waals surface area contributed by atoms with Crippen LogP contribution in [0.1, 0.15) is 50.5 Å². The third-order valence-corrected chi connectivity index (χ3v) is 7.45. The van der Waals surface area contributed by atoms with E-state index in [0.717, 1.165) is 31.1 Å². The number of hydrogen-bond acceptors (Lipinski definition) is 2. The summed E-state index contributed by atoms with van der Waals surface area (Å²) in [7, 11) is 0. The van der Waals surface area contributed by atoms with Crippen LogP contribution in [0.3, 0.4) is 0 Å². The molecule has 4 aliphatic carbocycles. The van der Waals surface area contributed by atoms with Gasteiger partial charge in [0.15, 0.2) is 0 Å². The summed E-state index contributed by atoms with van der Waals surface area (Å²) in [6, 6.07) is 19.7. The molecule has 0 radical (unpaired) electrons. The Kier molecular flexibility index (Phi) is 3.90. The van der Waals surface area contributed by atoms with Crippen molar-refractivity contribution in [3.8, 4) is 11.1 Å². The molecule has 2 aromatic rings. The molecule has 0 heterocycles. The molecule has 4 aliphatic rings. The van der Waals surface area contributed by atoms with Crippen molar-refractivity contribution in [2.45, 2.75) is 50.4 Å². The van der Waals surface area contributed by atoms with Gasteiger partial charge in [-0.25, -0.2) is 5.48 Å². The second kappa shape index (κ2) is 6.20. The number of nitrogens with one attached hydrogen (secondary N) is 1. The molecule has 4 bridgehead atoms. The largest absolute Gasteiger partial charge is 0.289 e. The minimum atomic E-state index is -0.216. The van der Waals surface area contributed by atoms with Crippen LogP contribution in [0.4, 0.5) is 0 Å². The first kappa shape index (κ1) is 17.0. The normalized spacial score (nSPS) is 33.8. The summed E-state index contributed by atoms with van der Waals surface area (Å²) in [6.45, 7) is 0. The van der Waals surface area contributed by atoms with Crippen molar-refractivity contribution in [1.82, 2.24) is 5.48 Å². The summed E-state index contributed by atoms with van der Waals surface area (Å²) in [6.07, 6.45) is 7.71. The van der Waals surface area contributed by atoms with Crippen LogP contribution >= 0.6 is 0 Å². The van der Waals surface area contributed by atoms with Gasteiger partial charge in [-0.15, -0.1) is 0 Å². The van der Waals surface area contributed by atoms with Gasteiger partial charge in [-0.2, -0.15) is 0 Å². The molecule has 140 valence electrons. The lowest BCUT2D eigenvalue weighted by Crippen LogP contribution is -2.55. The van der Waals surface area contributed by atoms with E-state index in [2.05, 4.69) is 54.6 Å². The highest BCUT2D eigenvalue weighted by atomic mass is 16.5. The number of rotatable bonds is 4. The van der Waals surface area contributed by atoms with Crippen LogP contribution in [0.2, 0.25) is 0 Å². The van der Waals surface area contributed by atoms with Crippen molar-refractivity contribution in [1.29, 1.82) is 0 Å². The summed E-state index contributed by atoms with van der Waals surface area (Å²) >= 11 is 0. The number of carbonyl (C=O) groups is 1. The third kappa shape index (κ3) is 2.89. The SMILES string of the molecule is O=C(CC12CC3CC(C1)CC(c1ccc(-c4ccccc4)cc1)(C3)C2)NO. The maximum atomic E-state index is 12.0. The molecule has 2 unspecified atom stereocenters. The average molecular weight is 361 g/mol. The fraction of sp³-hybridized carbons (Fsp3) is 0.458. The molecule has 1 amide bonds. The van der Waals surface area contributed by atoms with E-state index in [1.54, 1.807) is 0 Å². The summed E-state index contributed by atoms with van der Waals surface area (Å²) in [5, 5.41) is 9.06. The van der Waals surface area contributed by atoms with E-state index in [-0.39, 0.29) is 16.7 Å². The van der Waals surface area contributed by atoms with E-state index >= 15 is 0 Å². The molecular weight excluding hydrogens is 334 g/mol. The van der Waals surface area contributed by atoms with E-state index < -0.39 is 0 Å². The van der Waals surface area contributed by atoms with Crippen LogP contribution in [-0.2, 0) is 10.2 Å². The number of benzene rings is 2. The number of hydrogen-bond donors (Lipinski definition) is 2. The Morgan fingerprint density at radius 3 is 2.19 bits per heavy atom. The molecule has 0 spiro atoms. The highest BCUT2D eigenvalue weighted by Crippen LogP contribution is 2.66. The van der Waals surface area contributed by atoms with Gasteiger partial charge in [0.2, 0.25) is 5.91 Å². The molecule has 2 aromatic carbocycles. The standard InChI is InChI=1S/C24H27NO2/c26-22(25-27)15-23-11-17-10-18(12-23)14-24(13-17,16-23)21-8-6-20(7-9-21)19-4-2-1-3-5-19/h1-9,17-18,27H,10-16H2,(H,25,26). The Balaban J connectivity index is 1.46. The van der Waals surface area contributed by atoms with Crippen LogP contribution in [0, 0.1) is 17.3 Å². The molecule has 2 atom stereocenters. The molecule has 0 saturated heterocycles. The van der Waals surface area contributed by atoms with Crippen LogP contribution in [0.15, 0.2) is 54.6 Å². The van der Waals surface area contributed by atoms with Crippen molar-refractivity contribution >= 4 is 5.91 Å². The maximum Gasteiger partial charge on any atom is 0.243 e. The number of hydroxylamine groups is 1. The Morgan fingerprint density at radius 2 is 1.56 bits per heavy atom. The second-order valence-corrected chi connectivity index (χ2v) is 9.40. The highest BCUT2D eigenvalue weighted by molar-refractivity contribution is 5.75. The van der Waals surface area contributed by atoms with Crippen LogP contribution in [0.5, 0.6) is 0 Å². The van der Waals surface area contributed by atoms with Gasteiger partial charge in [0, 0.05) is 6.42 Å². The molecule has 27 heavy (non-hydrogen) atoms. The van der Waals surface area contributed by atoms with E-state index in [1.807, 2.05) is 5.48 Å². The van der Waals surface area contributed by atoms with E-state index in [0.29, 0.717) is 6.42 Å². The first-order chi connectivity index (χ1) is 13.1. The van der Waals surface area contributed by atoms with Crippen LogP contribution in [-0.4, -0.2) is 11.1 Å². The summed E-state index contributed by atoms with van der Waals surface area (Å²) in [4.78, 5) is 12.0. The average Bonchev–Trinajstić information content (AvgIpc) is 2.67. The zero-order valence-corrected chi connectivity index (χ0v) is 15.7. The zero-order chi connectivity index (χ0) is 18.5. The van der Waals surface area contributed by atoms with Gasteiger partial charge in [0.05, 0.1) is 0 Å². The lowest BCUT2D eigenvalue weighted by atomic mass is 9.42. The predicted octanol–water partition coefficient (Wildman–Crippen LogP) is 5.09. The number of amides is 1. The minimum absolute atomic E-state index is 0.0784. The molecule has 0 aliphatic heterocycles. The Hall–Kier alpha value is -2.13. The minimum Gasteiger partial charge on any atom is -0.289 e. The topological polar surface area (TPSA) is 49.3 Å². The Morgan fingerprint density at radius 1 is 0.926 bits per heavy atom. The molecule has 3 heteroatoms. The first-order valence-electron chi connectivity index (χ1n) is 10.2. The van der Waals surface area contributed by atoms with Crippen molar-refractivity contribution < 1.29 is 10.0 Å². The quantitative estimate of drug-likeness (QED) is 0.589. The smallest absolute Gasteiger partial charge is 0.243 e. The van der Waals surface area contributed by atoms with Crippen molar-refractivity contribution in [2.24, 2.45) is 17.3 Å². The summed E-state index contributed by atoms with van der Waals surface area (Å²) in [5.41, 5.74) is 6.14. The fourth-order valence-corrected chi connectivity index (χ4v) is 7.02. The zero-order valence-electron chi connectivity index (χ0n) is 15.7. The van der Waals surface area contributed by atoms with E-state index in [4.69, 9.17) is 5.21 Å². The second-order valence-electron chi connectivity index (χ2n) is 9.40. The summed E-state index contributed by atoms with van der Waals surface area (Å²) in [5.74, 6) is 1.24. The van der Waals surface area contributed by atoms with Crippen molar-refractivity contribution in [3.05, 3.63) is 60.2 Å². The van der Waals surface area contributed by atoms with Gasteiger partial charge in [0.1, 0.15) is 0 Å². The Labute approximate surface area is 160 Å². The molecule has 2 N–H and O–H groups in total. The first-order valence-corrected chi connectivity index (χ1v) is 10.2. The maximum absolute atomic E-state index is 12.0.